The van der Waals surface area contributed by atoms with Gasteiger partial charge < -0.3 is 14.3 Å². The minimum Gasteiger partial charge on any atom is -0.480 e. The topological polar surface area (TPSA) is 101 Å². The first kappa shape index (κ1) is 20.8. The van der Waals surface area contributed by atoms with Crippen molar-refractivity contribution in [3.63, 3.8) is 0 Å². The molecule has 1 heterocycles. The van der Waals surface area contributed by atoms with Gasteiger partial charge in [0.25, 0.3) is 0 Å². The van der Waals surface area contributed by atoms with Gasteiger partial charge >= 0.3 is 11.9 Å². The molecule has 3 aromatic rings. The number of carbonyl (C=O) groups is 2. The Balaban J connectivity index is 1.69. The minimum absolute atomic E-state index is 0.151. The van der Waals surface area contributed by atoms with Gasteiger partial charge in [-0.2, -0.15) is 5.10 Å². The van der Waals surface area contributed by atoms with Crippen LogP contribution in [0.4, 0.5) is 0 Å². The summed E-state index contributed by atoms with van der Waals surface area (Å²) in [5.74, 6) is -0.955. The van der Waals surface area contributed by atoms with Gasteiger partial charge in [0, 0.05) is 9.86 Å². The highest BCUT2D eigenvalue weighted by atomic mass is 127. The molecule has 0 radical (unpaired) electrons. The van der Waals surface area contributed by atoms with Crippen LogP contribution >= 0.6 is 54.5 Å². The zero-order chi connectivity index (χ0) is 20.3. The van der Waals surface area contributed by atoms with E-state index in [4.69, 9.17) is 14.3 Å². The first-order chi connectivity index (χ1) is 13.3. The normalized spacial score (nSPS) is 11.1. The molecule has 144 valence electrons. The van der Waals surface area contributed by atoms with Crippen LogP contribution in [0.25, 0.3) is 11.0 Å². The van der Waals surface area contributed by atoms with Crippen molar-refractivity contribution in [3.05, 3.63) is 60.2 Å². The standard InChI is InChI=1S/C18H11Br2IN2O5/c19-11-1-2-14-10(5-11)6-15(28-14)18(26)23-22-7-9-3-12(20)17(13(21)4-9)27-8-16(24)25/h1-7H,8H2,(H,23,26)(H,24,25)/b22-7+. The van der Waals surface area contributed by atoms with Crippen molar-refractivity contribution >= 4 is 83.5 Å². The van der Waals surface area contributed by atoms with E-state index in [0.717, 1.165) is 9.86 Å². The van der Waals surface area contributed by atoms with Gasteiger partial charge in [-0.3, -0.25) is 4.79 Å². The van der Waals surface area contributed by atoms with Crippen LogP contribution in [0, 0.1) is 3.57 Å². The van der Waals surface area contributed by atoms with Crippen LogP contribution in [0.15, 0.2) is 54.9 Å². The fourth-order valence-corrected chi connectivity index (χ4v) is 4.42. The van der Waals surface area contributed by atoms with Crippen LogP contribution in [0.3, 0.4) is 0 Å². The number of nitrogens with one attached hydrogen (secondary N) is 1. The van der Waals surface area contributed by atoms with E-state index in [1.54, 1.807) is 24.3 Å². The third-order valence-corrected chi connectivity index (χ3v) is 5.33. The molecule has 28 heavy (non-hydrogen) atoms. The fourth-order valence-electron chi connectivity index (χ4n) is 2.27. The van der Waals surface area contributed by atoms with Crippen molar-refractivity contribution in [2.75, 3.05) is 6.61 Å². The lowest BCUT2D eigenvalue weighted by Gasteiger charge is -2.09. The van der Waals surface area contributed by atoms with E-state index in [0.29, 0.717) is 24.9 Å². The van der Waals surface area contributed by atoms with Crippen LogP contribution < -0.4 is 10.2 Å². The summed E-state index contributed by atoms with van der Waals surface area (Å²) in [5.41, 5.74) is 3.71. The van der Waals surface area contributed by atoms with Crippen LogP contribution in [0.1, 0.15) is 16.1 Å². The number of hydrazone groups is 1. The largest absolute Gasteiger partial charge is 0.480 e. The zero-order valence-electron chi connectivity index (χ0n) is 13.9. The molecular formula is C18H11Br2IN2O5. The summed E-state index contributed by atoms with van der Waals surface area (Å²) in [5, 5.41) is 13.5. The monoisotopic (exact) mass is 620 g/mol. The molecule has 2 N–H and O–H groups in total. The van der Waals surface area contributed by atoms with E-state index in [9.17, 15) is 9.59 Å². The SMILES string of the molecule is O=C(O)COc1c(Br)cc(/C=N/NC(=O)c2cc3cc(Br)ccc3o2)cc1I. The molecule has 0 aliphatic rings. The lowest BCUT2D eigenvalue weighted by atomic mass is 10.2. The number of carboxylic acids is 1. The number of hydrogen-bond acceptors (Lipinski definition) is 5. The number of amides is 1. The van der Waals surface area contributed by atoms with E-state index >= 15 is 0 Å². The number of aliphatic carboxylic acids is 1. The second kappa shape index (κ2) is 9.05. The molecular weight excluding hydrogens is 611 g/mol. The minimum atomic E-state index is -1.06. The van der Waals surface area contributed by atoms with E-state index in [2.05, 4.69) is 42.4 Å². The van der Waals surface area contributed by atoms with Crippen LogP contribution in [0.5, 0.6) is 5.75 Å². The summed E-state index contributed by atoms with van der Waals surface area (Å²) in [6.45, 7) is -0.438. The maximum atomic E-state index is 12.2. The van der Waals surface area contributed by atoms with E-state index in [1.807, 2.05) is 34.7 Å². The van der Waals surface area contributed by atoms with Gasteiger partial charge in [0.05, 0.1) is 14.3 Å². The van der Waals surface area contributed by atoms with Gasteiger partial charge in [-0.1, -0.05) is 15.9 Å². The Labute approximate surface area is 189 Å². The first-order valence-electron chi connectivity index (χ1n) is 7.69. The molecule has 10 heteroatoms. The third-order valence-electron chi connectivity index (χ3n) is 3.44. The molecule has 1 aromatic heterocycles. The lowest BCUT2D eigenvalue weighted by Crippen LogP contribution is -2.16. The van der Waals surface area contributed by atoms with Crippen LogP contribution in [-0.4, -0.2) is 29.8 Å². The fraction of sp³-hybridized carbons (Fsp3) is 0.0556. The quantitative estimate of drug-likeness (QED) is 0.234. The predicted octanol–water partition coefficient (Wildman–Crippen LogP) is 4.79. The second-order valence-electron chi connectivity index (χ2n) is 5.49. The first-order valence-corrected chi connectivity index (χ1v) is 10.4. The van der Waals surface area contributed by atoms with Crippen molar-refractivity contribution < 1.29 is 23.8 Å². The Morgan fingerprint density at radius 1 is 1.25 bits per heavy atom. The number of ether oxygens (including phenoxy) is 1. The summed E-state index contributed by atoms with van der Waals surface area (Å²) in [6.07, 6.45) is 1.46. The maximum Gasteiger partial charge on any atom is 0.341 e. The van der Waals surface area contributed by atoms with E-state index < -0.39 is 18.5 Å². The molecule has 0 spiro atoms. The molecule has 0 fully saturated rings. The molecule has 0 saturated heterocycles. The molecule has 0 unspecified atom stereocenters. The van der Waals surface area contributed by atoms with Gasteiger partial charge in [-0.05, 0) is 80.5 Å². The Kier molecular flexibility index (Phi) is 6.73. The highest BCUT2D eigenvalue weighted by molar-refractivity contribution is 14.1. The van der Waals surface area contributed by atoms with Crippen molar-refractivity contribution in [1.29, 1.82) is 0 Å². The summed E-state index contributed by atoms with van der Waals surface area (Å²) in [6, 6.07) is 10.5. The Morgan fingerprint density at radius 2 is 2.04 bits per heavy atom. The Bertz CT molecular complexity index is 1070. The predicted molar refractivity (Wildman–Crippen MR) is 119 cm³/mol. The summed E-state index contributed by atoms with van der Waals surface area (Å²) in [4.78, 5) is 22.9. The average molecular weight is 622 g/mol. The number of hydrogen-bond donors (Lipinski definition) is 2. The van der Waals surface area contributed by atoms with E-state index in [1.165, 1.54) is 6.21 Å². The molecule has 7 nitrogen and oxygen atoms in total. The molecule has 0 aliphatic heterocycles. The molecule has 2 aromatic carbocycles. The van der Waals surface area contributed by atoms with Crippen molar-refractivity contribution in [3.8, 4) is 5.75 Å². The number of carbonyl (C=O) groups excluding carboxylic acids is 1. The van der Waals surface area contributed by atoms with Gasteiger partial charge in [-0.25, -0.2) is 10.2 Å². The molecule has 0 aliphatic carbocycles. The van der Waals surface area contributed by atoms with Crippen LogP contribution in [-0.2, 0) is 4.79 Å². The molecule has 3 rings (SSSR count). The number of fused-ring (bicyclic) bond motifs is 1. The molecule has 1 amide bonds. The summed E-state index contributed by atoms with van der Waals surface area (Å²) < 4.78 is 12.9. The van der Waals surface area contributed by atoms with Gasteiger partial charge in [0.1, 0.15) is 11.3 Å². The average Bonchev–Trinajstić information content (AvgIpc) is 3.04. The summed E-state index contributed by atoms with van der Waals surface area (Å²) >= 11 is 8.74. The maximum absolute atomic E-state index is 12.2. The number of nitrogens with zero attached hydrogens (tertiary/aromatic N) is 1. The number of furan rings is 1. The van der Waals surface area contributed by atoms with Gasteiger partial charge in [-0.15, -0.1) is 0 Å². The Morgan fingerprint density at radius 3 is 2.75 bits per heavy atom. The highest BCUT2D eigenvalue weighted by Gasteiger charge is 2.12. The van der Waals surface area contributed by atoms with Crippen molar-refractivity contribution in [2.24, 2.45) is 5.10 Å². The van der Waals surface area contributed by atoms with Gasteiger partial charge in [0.15, 0.2) is 12.4 Å². The number of rotatable bonds is 6. The van der Waals surface area contributed by atoms with Crippen LogP contribution in [0.2, 0.25) is 0 Å². The third kappa shape index (κ3) is 5.11. The van der Waals surface area contributed by atoms with E-state index in [-0.39, 0.29) is 5.76 Å². The second-order valence-corrected chi connectivity index (χ2v) is 8.42. The molecule has 0 atom stereocenters. The van der Waals surface area contributed by atoms with Crippen molar-refractivity contribution in [2.45, 2.75) is 0 Å². The Hall–Kier alpha value is -1.92. The smallest absolute Gasteiger partial charge is 0.341 e. The number of halogens is 3. The number of carboxylic acid groups (broad SMARTS) is 1. The lowest BCUT2D eigenvalue weighted by molar-refractivity contribution is -0.139. The molecule has 0 saturated carbocycles. The van der Waals surface area contributed by atoms with Gasteiger partial charge in [0.2, 0.25) is 0 Å². The zero-order valence-corrected chi connectivity index (χ0v) is 19.2. The van der Waals surface area contributed by atoms with Crippen molar-refractivity contribution in [1.82, 2.24) is 5.43 Å². The number of benzene rings is 2. The summed E-state index contributed by atoms with van der Waals surface area (Å²) in [7, 11) is 0. The highest BCUT2D eigenvalue weighted by Crippen LogP contribution is 2.31. The molecule has 0 bridgehead atoms.